The lowest BCUT2D eigenvalue weighted by molar-refractivity contribution is 0.0987. The summed E-state index contributed by atoms with van der Waals surface area (Å²) in [5.41, 5.74) is 6.67. The summed E-state index contributed by atoms with van der Waals surface area (Å²) in [6, 6.07) is 3.72. The van der Waals surface area contributed by atoms with E-state index in [1.165, 1.54) is 18.3 Å². The van der Waals surface area contributed by atoms with E-state index in [1.54, 1.807) is 6.92 Å². The van der Waals surface area contributed by atoms with E-state index in [4.69, 9.17) is 10.3 Å². The number of aryl methyl sites for hydroxylation is 1. The summed E-state index contributed by atoms with van der Waals surface area (Å²) < 4.78 is 17.7. The normalized spacial score (nSPS) is 10.2. The molecule has 1 amide bonds. The molecule has 0 aliphatic heterocycles. The van der Waals surface area contributed by atoms with Gasteiger partial charge in [0, 0.05) is 5.56 Å². The van der Waals surface area contributed by atoms with Crippen molar-refractivity contribution in [3.05, 3.63) is 41.5 Å². The van der Waals surface area contributed by atoms with Gasteiger partial charge in [0.05, 0.1) is 17.6 Å². The first kappa shape index (κ1) is 11.1. The van der Waals surface area contributed by atoms with Gasteiger partial charge in [-0.1, -0.05) is 5.16 Å². The van der Waals surface area contributed by atoms with Crippen molar-refractivity contribution in [1.29, 1.82) is 0 Å². The molecule has 0 bridgehead atoms. The third-order valence-electron chi connectivity index (χ3n) is 2.22. The average molecular weight is 235 g/mol. The van der Waals surface area contributed by atoms with Gasteiger partial charge in [-0.3, -0.25) is 4.79 Å². The Balaban J connectivity index is 2.24. The van der Waals surface area contributed by atoms with Crippen LogP contribution in [0.15, 0.2) is 28.9 Å². The molecule has 6 heteroatoms. The monoisotopic (exact) mass is 235 g/mol. The zero-order chi connectivity index (χ0) is 12.4. The van der Waals surface area contributed by atoms with Crippen molar-refractivity contribution in [2.45, 2.75) is 6.92 Å². The molecule has 0 aliphatic rings. The number of hydrogen-bond donors (Lipinski definition) is 2. The van der Waals surface area contributed by atoms with Gasteiger partial charge >= 0.3 is 0 Å². The van der Waals surface area contributed by atoms with Crippen molar-refractivity contribution in [3.63, 3.8) is 0 Å². The largest absolute Gasteiger partial charge is 0.397 e. The summed E-state index contributed by atoms with van der Waals surface area (Å²) in [5, 5.41) is 5.94. The van der Waals surface area contributed by atoms with Crippen LogP contribution in [0.25, 0.3) is 0 Å². The maximum Gasteiger partial charge on any atom is 0.294 e. The van der Waals surface area contributed by atoms with Crippen LogP contribution in [0.3, 0.4) is 0 Å². The second-order valence-corrected chi connectivity index (χ2v) is 3.52. The van der Waals surface area contributed by atoms with Crippen LogP contribution in [0.5, 0.6) is 0 Å². The highest BCUT2D eigenvalue weighted by molar-refractivity contribution is 6.04. The van der Waals surface area contributed by atoms with Crippen molar-refractivity contribution in [2.75, 3.05) is 11.1 Å². The molecule has 2 aromatic rings. The predicted octanol–water partition coefficient (Wildman–Crippen LogP) is 1.96. The lowest BCUT2D eigenvalue weighted by Crippen LogP contribution is -2.13. The van der Waals surface area contributed by atoms with Gasteiger partial charge in [-0.2, -0.15) is 0 Å². The topological polar surface area (TPSA) is 81.2 Å². The molecule has 1 aromatic heterocycles. The quantitative estimate of drug-likeness (QED) is 0.779. The van der Waals surface area contributed by atoms with E-state index in [0.29, 0.717) is 5.56 Å². The molecule has 0 spiro atoms. The fourth-order valence-electron chi connectivity index (χ4n) is 1.33. The van der Waals surface area contributed by atoms with E-state index >= 15 is 0 Å². The second-order valence-electron chi connectivity index (χ2n) is 3.52. The third kappa shape index (κ3) is 2.25. The van der Waals surface area contributed by atoms with Gasteiger partial charge in [0.2, 0.25) is 5.76 Å². The minimum atomic E-state index is -0.516. The number of halogens is 1. The van der Waals surface area contributed by atoms with Gasteiger partial charge in [0.25, 0.3) is 5.91 Å². The summed E-state index contributed by atoms with van der Waals surface area (Å²) in [7, 11) is 0. The van der Waals surface area contributed by atoms with Gasteiger partial charge in [-0.25, -0.2) is 4.39 Å². The summed E-state index contributed by atoms with van der Waals surface area (Å²) in [4.78, 5) is 11.7. The molecule has 0 radical (unpaired) electrons. The number of hydrogen-bond acceptors (Lipinski definition) is 4. The third-order valence-corrected chi connectivity index (χ3v) is 2.22. The molecule has 0 fully saturated rings. The maximum atomic E-state index is 13.0. The Morgan fingerprint density at radius 2 is 2.29 bits per heavy atom. The summed E-state index contributed by atoms with van der Waals surface area (Å²) >= 11 is 0. The standard InChI is InChI=1S/C11H10FN3O2/c1-6-5-14-17-10(6)11(16)15-9-4-7(12)2-3-8(9)13/h2-5H,13H2,1H3,(H,15,16). The van der Waals surface area contributed by atoms with Crippen molar-refractivity contribution in [2.24, 2.45) is 0 Å². The first-order valence-electron chi connectivity index (χ1n) is 4.85. The minimum Gasteiger partial charge on any atom is -0.397 e. The first-order chi connectivity index (χ1) is 8.08. The molecule has 88 valence electrons. The van der Waals surface area contributed by atoms with E-state index in [-0.39, 0.29) is 17.1 Å². The van der Waals surface area contributed by atoms with Gasteiger partial charge in [-0.05, 0) is 25.1 Å². The lowest BCUT2D eigenvalue weighted by Gasteiger charge is -2.06. The highest BCUT2D eigenvalue weighted by Gasteiger charge is 2.15. The number of nitrogens with one attached hydrogen (secondary N) is 1. The number of aromatic nitrogens is 1. The van der Waals surface area contributed by atoms with Crippen LogP contribution in [0, 0.1) is 12.7 Å². The number of benzene rings is 1. The van der Waals surface area contributed by atoms with Crippen molar-refractivity contribution in [1.82, 2.24) is 5.16 Å². The number of rotatable bonds is 2. The van der Waals surface area contributed by atoms with E-state index < -0.39 is 11.7 Å². The number of carbonyl (C=O) groups is 1. The number of amides is 1. The van der Waals surface area contributed by atoms with Gasteiger partial charge < -0.3 is 15.6 Å². The fraction of sp³-hybridized carbons (Fsp3) is 0.0909. The highest BCUT2D eigenvalue weighted by Crippen LogP contribution is 2.20. The molecular formula is C11H10FN3O2. The molecule has 17 heavy (non-hydrogen) atoms. The van der Waals surface area contributed by atoms with Crippen LogP contribution in [-0.2, 0) is 0 Å². The number of nitrogens with zero attached hydrogens (tertiary/aromatic N) is 1. The van der Waals surface area contributed by atoms with Crippen LogP contribution >= 0.6 is 0 Å². The Morgan fingerprint density at radius 1 is 1.53 bits per heavy atom. The molecule has 1 aromatic carbocycles. The van der Waals surface area contributed by atoms with Crippen molar-refractivity contribution < 1.29 is 13.7 Å². The van der Waals surface area contributed by atoms with E-state index in [2.05, 4.69) is 10.5 Å². The Labute approximate surface area is 96.4 Å². The zero-order valence-corrected chi connectivity index (χ0v) is 9.03. The smallest absolute Gasteiger partial charge is 0.294 e. The fourth-order valence-corrected chi connectivity index (χ4v) is 1.33. The lowest BCUT2D eigenvalue weighted by atomic mass is 10.2. The molecule has 1 heterocycles. The van der Waals surface area contributed by atoms with Crippen LogP contribution in [0.4, 0.5) is 15.8 Å². The molecule has 0 unspecified atom stereocenters. The minimum absolute atomic E-state index is 0.0775. The van der Waals surface area contributed by atoms with Gasteiger partial charge in [0.1, 0.15) is 5.82 Å². The Bertz CT molecular complexity index is 566. The molecule has 0 saturated carbocycles. The number of nitrogens with two attached hydrogens (primary N) is 1. The Kier molecular flexibility index (Phi) is 2.78. The molecule has 3 N–H and O–H groups in total. The van der Waals surface area contributed by atoms with Crippen molar-refractivity contribution >= 4 is 17.3 Å². The van der Waals surface area contributed by atoms with Gasteiger partial charge in [-0.15, -0.1) is 0 Å². The number of anilines is 2. The van der Waals surface area contributed by atoms with Crippen LogP contribution in [0.2, 0.25) is 0 Å². The molecular weight excluding hydrogens is 225 g/mol. The SMILES string of the molecule is Cc1cnoc1C(=O)Nc1cc(F)ccc1N. The Morgan fingerprint density at radius 3 is 2.94 bits per heavy atom. The molecule has 0 atom stereocenters. The molecule has 0 aliphatic carbocycles. The van der Waals surface area contributed by atoms with Crippen LogP contribution in [0.1, 0.15) is 16.1 Å². The van der Waals surface area contributed by atoms with Crippen LogP contribution in [-0.4, -0.2) is 11.1 Å². The summed E-state index contributed by atoms with van der Waals surface area (Å²) in [6.07, 6.45) is 1.42. The van der Waals surface area contributed by atoms with Crippen molar-refractivity contribution in [3.8, 4) is 0 Å². The van der Waals surface area contributed by atoms with Crippen LogP contribution < -0.4 is 11.1 Å². The van der Waals surface area contributed by atoms with Gasteiger partial charge in [0.15, 0.2) is 0 Å². The molecule has 2 rings (SSSR count). The first-order valence-corrected chi connectivity index (χ1v) is 4.85. The van der Waals surface area contributed by atoms with E-state index in [0.717, 1.165) is 6.07 Å². The molecule has 0 saturated heterocycles. The average Bonchev–Trinajstić information content (AvgIpc) is 2.70. The molecule has 5 nitrogen and oxygen atoms in total. The highest BCUT2D eigenvalue weighted by atomic mass is 19.1. The Hall–Kier alpha value is -2.37. The summed E-state index contributed by atoms with van der Waals surface area (Å²) in [6.45, 7) is 1.68. The van der Waals surface area contributed by atoms with E-state index in [1.807, 2.05) is 0 Å². The number of nitrogen functional groups attached to an aromatic ring is 1. The number of carbonyl (C=O) groups excluding carboxylic acids is 1. The maximum absolute atomic E-state index is 13.0. The zero-order valence-electron chi connectivity index (χ0n) is 9.03. The second kappa shape index (κ2) is 4.25. The predicted molar refractivity (Wildman–Crippen MR) is 60.0 cm³/mol. The summed E-state index contributed by atoms with van der Waals surface area (Å²) in [5.74, 6) is -0.922. The van der Waals surface area contributed by atoms with E-state index in [9.17, 15) is 9.18 Å².